The van der Waals surface area contributed by atoms with Gasteiger partial charge in [0.25, 0.3) is 0 Å². The second kappa shape index (κ2) is 11.3. The van der Waals surface area contributed by atoms with E-state index in [4.69, 9.17) is 4.74 Å². The van der Waals surface area contributed by atoms with Gasteiger partial charge in [-0.15, -0.1) is 0 Å². The average Bonchev–Trinajstić information content (AvgIpc) is 2.80. The monoisotopic (exact) mass is 435 g/mol. The molecule has 3 nitrogen and oxygen atoms in total. The van der Waals surface area contributed by atoms with Crippen LogP contribution in [-0.4, -0.2) is 22.8 Å². The number of hydrogen-bond acceptors (Lipinski definition) is 3. The van der Waals surface area contributed by atoms with E-state index in [-0.39, 0.29) is 24.0 Å². The number of benzene rings is 2. The number of aliphatic hydroxyl groups is 1. The number of aliphatic hydroxyl groups excluding tert-OH is 1. The topological polar surface area (TPSA) is 42.4 Å². The van der Waals surface area contributed by atoms with E-state index >= 15 is 0 Å². The number of rotatable bonds is 10. The number of pyridine rings is 1. The Kier molecular flexibility index (Phi) is 8.28. The van der Waals surface area contributed by atoms with Crippen LogP contribution in [0.5, 0.6) is 5.75 Å². The van der Waals surface area contributed by atoms with Gasteiger partial charge in [-0.25, -0.2) is 4.39 Å². The van der Waals surface area contributed by atoms with Crippen LogP contribution in [0.25, 0.3) is 28.5 Å². The van der Waals surface area contributed by atoms with Gasteiger partial charge in [0.15, 0.2) is 11.6 Å². The molecular formula is C27H27F2NO2. The molecule has 0 aliphatic rings. The van der Waals surface area contributed by atoms with Crippen LogP contribution in [0.1, 0.15) is 31.7 Å². The second-order valence-corrected chi connectivity index (χ2v) is 7.58. The summed E-state index contributed by atoms with van der Waals surface area (Å²) in [6.45, 7) is 5.40. The summed E-state index contributed by atoms with van der Waals surface area (Å²) >= 11 is 0. The van der Waals surface area contributed by atoms with Gasteiger partial charge in [0.05, 0.1) is 11.8 Å². The molecular weight excluding hydrogens is 408 g/mol. The van der Waals surface area contributed by atoms with Crippen LogP contribution in [0.4, 0.5) is 8.78 Å². The third-order valence-corrected chi connectivity index (χ3v) is 4.98. The van der Waals surface area contributed by atoms with Crippen LogP contribution >= 0.6 is 0 Å². The number of allylic oxidation sites excluding steroid dienone is 1. The summed E-state index contributed by atoms with van der Waals surface area (Å²) in [5, 5.41) is 9.28. The Bertz CT molecular complexity index is 1060. The van der Waals surface area contributed by atoms with Crippen molar-refractivity contribution in [2.45, 2.75) is 32.3 Å². The minimum Gasteiger partial charge on any atom is -0.486 e. The van der Waals surface area contributed by atoms with Gasteiger partial charge in [0.1, 0.15) is 6.61 Å². The molecule has 3 aromatic rings. The van der Waals surface area contributed by atoms with Crippen molar-refractivity contribution in [3.8, 4) is 28.1 Å². The zero-order valence-electron chi connectivity index (χ0n) is 18.1. The Morgan fingerprint density at radius 3 is 2.44 bits per heavy atom. The first-order chi connectivity index (χ1) is 15.5. The standard InChI is InChI=1S/C27H27F2NO2/c1-3-17-32-25-16-14-23(26(28)27(25)29)21-10-12-22(13-11-21)24-15-9-20(18-30-24)8-6-4-5-7-19(2)31/h3,6,8-16,18-19,31H,1,4-5,7,17H2,2H3. The Labute approximate surface area is 187 Å². The van der Waals surface area contributed by atoms with Crippen molar-refractivity contribution >= 4 is 6.08 Å². The quantitative estimate of drug-likeness (QED) is 0.281. The number of unbranched alkanes of at least 4 members (excludes halogenated alkanes) is 1. The van der Waals surface area contributed by atoms with Crippen molar-refractivity contribution in [3.05, 3.63) is 90.7 Å². The van der Waals surface area contributed by atoms with Crippen molar-refractivity contribution in [1.29, 1.82) is 0 Å². The lowest BCUT2D eigenvalue weighted by molar-refractivity contribution is 0.182. The number of ether oxygens (including phenoxy) is 1. The van der Waals surface area contributed by atoms with Crippen LogP contribution in [0.2, 0.25) is 0 Å². The molecule has 1 heterocycles. The molecule has 0 amide bonds. The predicted octanol–water partition coefficient (Wildman–Crippen LogP) is 6.82. The van der Waals surface area contributed by atoms with E-state index in [9.17, 15) is 13.9 Å². The van der Waals surface area contributed by atoms with Crippen molar-refractivity contribution in [1.82, 2.24) is 4.98 Å². The molecule has 5 heteroatoms. The van der Waals surface area contributed by atoms with Gasteiger partial charge in [0.2, 0.25) is 5.82 Å². The number of halogens is 2. The molecule has 0 saturated heterocycles. The lowest BCUT2D eigenvalue weighted by atomic mass is 10.0. The van der Waals surface area contributed by atoms with Gasteiger partial charge in [-0.05, 0) is 55.5 Å². The molecule has 0 spiro atoms. The molecule has 0 aliphatic carbocycles. The largest absolute Gasteiger partial charge is 0.486 e. The van der Waals surface area contributed by atoms with E-state index in [2.05, 4.69) is 17.6 Å². The highest BCUT2D eigenvalue weighted by atomic mass is 19.2. The molecule has 166 valence electrons. The van der Waals surface area contributed by atoms with E-state index in [1.165, 1.54) is 18.2 Å². The molecule has 32 heavy (non-hydrogen) atoms. The Balaban J connectivity index is 1.69. The molecule has 0 radical (unpaired) electrons. The zero-order chi connectivity index (χ0) is 22.9. The molecule has 0 saturated carbocycles. The molecule has 1 N–H and O–H groups in total. The summed E-state index contributed by atoms with van der Waals surface area (Å²) in [6.07, 6.45) is 9.75. The molecule has 0 bridgehead atoms. The first-order valence-corrected chi connectivity index (χ1v) is 10.6. The molecule has 1 atom stereocenters. The summed E-state index contributed by atoms with van der Waals surface area (Å²) in [5.41, 5.74) is 3.41. The van der Waals surface area contributed by atoms with Crippen molar-refractivity contribution in [2.24, 2.45) is 0 Å². The number of aromatic nitrogens is 1. The highest BCUT2D eigenvalue weighted by molar-refractivity contribution is 5.70. The lowest BCUT2D eigenvalue weighted by Gasteiger charge is -2.10. The van der Waals surface area contributed by atoms with Gasteiger partial charge >= 0.3 is 0 Å². The fourth-order valence-electron chi connectivity index (χ4n) is 3.26. The fourth-order valence-corrected chi connectivity index (χ4v) is 3.26. The number of hydrogen-bond donors (Lipinski definition) is 1. The van der Waals surface area contributed by atoms with Gasteiger partial charge in [-0.2, -0.15) is 4.39 Å². The molecule has 3 rings (SSSR count). The van der Waals surface area contributed by atoms with Crippen LogP contribution in [0, 0.1) is 11.6 Å². The highest BCUT2D eigenvalue weighted by Crippen LogP contribution is 2.31. The minimum absolute atomic E-state index is 0.106. The summed E-state index contributed by atoms with van der Waals surface area (Å²) in [7, 11) is 0. The fraction of sp³-hybridized carbons (Fsp3) is 0.222. The van der Waals surface area contributed by atoms with Crippen molar-refractivity contribution < 1.29 is 18.6 Å². The summed E-state index contributed by atoms with van der Waals surface area (Å²) in [6, 6.07) is 14.0. The first-order valence-electron chi connectivity index (χ1n) is 10.6. The Hall–Kier alpha value is -3.31. The highest BCUT2D eigenvalue weighted by Gasteiger charge is 2.15. The first kappa shape index (κ1) is 23.4. The van der Waals surface area contributed by atoms with Crippen molar-refractivity contribution in [2.75, 3.05) is 6.61 Å². The molecule has 1 aromatic heterocycles. The number of nitrogens with zero attached hydrogens (tertiary/aromatic N) is 1. The molecule has 2 aromatic carbocycles. The summed E-state index contributed by atoms with van der Waals surface area (Å²) in [4.78, 5) is 4.50. The zero-order valence-corrected chi connectivity index (χ0v) is 18.1. The SMILES string of the molecule is C=CCOc1ccc(-c2ccc(-c3ccc(C=CCCCC(C)O)cn3)cc2)c(F)c1F. The second-order valence-electron chi connectivity index (χ2n) is 7.58. The van der Waals surface area contributed by atoms with E-state index in [1.807, 2.05) is 30.3 Å². The van der Waals surface area contributed by atoms with E-state index < -0.39 is 11.6 Å². The van der Waals surface area contributed by atoms with Gasteiger partial charge < -0.3 is 9.84 Å². The normalized spacial score (nSPS) is 12.1. The third kappa shape index (κ3) is 6.11. The van der Waals surface area contributed by atoms with E-state index in [0.29, 0.717) is 5.56 Å². The van der Waals surface area contributed by atoms with Gasteiger partial charge in [-0.3, -0.25) is 4.98 Å². The van der Waals surface area contributed by atoms with Crippen LogP contribution < -0.4 is 4.74 Å². The van der Waals surface area contributed by atoms with Crippen LogP contribution in [0.3, 0.4) is 0 Å². The van der Waals surface area contributed by atoms with E-state index in [1.54, 1.807) is 25.3 Å². The maximum Gasteiger partial charge on any atom is 0.201 e. The minimum atomic E-state index is -1.01. The average molecular weight is 436 g/mol. The predicted molar refractivity (Wildman–Crippen MR) is 125 cm³/mol. The Morgan fingerprint density at radius 2 is 1.78 bits per heavy atom. The summed E-state index contributed by atoms with van der Waals surface area (Å²) < 4.78 is 33.9. The van der Waals surface area contributed by atoms with Crippen LogP contribution in [0.15, 0.2) is 73.5 Å². The van der Waals surface area contributed by atoms with Crippen LogP contribution in [-0.2, 0) is 0 Å². The van der Waals surface area contributed by atoms with E-state index in [0.717, 1.165) is 36.1 Å². The molecule has 0 aliphatic heterocycles. The third-order valence-electron chi connectivity index (χ3n) is 4.98. The maximum atomic E-state index is 14.5. The van der Waals surface area contributed by atoms with Gasteiger partial charge in [-0.1, -0.05) is 55.1 Å². The molecule has 1 unspecified atom stereocenters. The Morgan fingerprint density at radius 1 is 1.03 bits per heavy atom. The van der Waals surface area contributed by atoms with Gasteiger partial charge in [0, 0.05) is 17.3 Å². The summed E-state index contributed by atoms with van der Waals surface area (Å²) in [5.74, 6) is -2.09. The lowest BCUT2D eigenvalue weighted by Crippen LogP contribution is -1.99. The van der Waals surface area contributed by atoms with Crippen molar-refractivity contribution in [3.63, 3.8) is 0 Å². The smallest absolute Gasteiger partial charge is 0.201 e. The molecule has 0 fully saturated rings. The maximum absolute atomic E-state index is 14.5.